The number of nitrogens with zero attached hydrogens (tertiary/aromatic N) is 8. The summed E-state index contributed by atoms with van der Waals surface area (Å²) in [5.41, 5.74) is 8.06. The molecule has 0 aliphatic rings. The van der Waals surface area contributed by atoms with E-state index in [-0.39, 0.29) is 6.23 Å². The standard InChI is InChI=1S/C36H40N8O3/c1-6-8-16-32-38-31-22-29(30-15-11-12-21-37-30)33(36(45-4)46-5)39-35(31)43(32)23-25-17-19-26(20-18-25)27-13-9-10-14-28(27)34-40-41-42-44(34)24(3)47-7-2/h9-15,17-22,24,36H,6-8,16,23H2,1-5H3. The van der Waals surface area contributed by atoms with Crippen LogP contribution in [0.4, 0.5) is 0 Å². The highest BCUT2D eigenvalue weighted by molar-refractivity contribution is 5.81. The van der Waals surface area contributed by atoms with Crippen LogP contribution < -0.4 is 0 Å². The molecule has 0 saturated heterocycles. The fourth-order valence-corrected chi connectivity index (χ4v) is 5.86. The van der Waals surface area contributed by atoms with E-state index in [0.717, 1.165) is 69.8 Å². The summed E-state index contributed by atoms with van der Waals surface area (Å²) >= 11 is 0. The SMILES string of the molecule is CCCCc1nc2cc(-c3ccccn3)c(C(OC)OC)nc2n1Cc1ccc(-c2ccccc2-c2nnnn2C(C)OCC)cc1. The fourth-order valence-electron chi connectivity index (χ4n) is 5.86. The molecule has 0 bridgehead atoms. The summed E-state index contributed by atoms with van der Waals surface area (Å²) in [6.45, 7) is 7.27. The highest BCUT2D eigenvalue weighted by Gasteiger charge is 2.23. The molecule has 0 N–H and O–H groups in total. The van der Waals surface area contributed by atoms with Gasteiger partial charge in [-0.15, -0.1) is 5.10 Å². The number of pyridine rings is 2. The molecule has 2 aromatic carbocycles. The second-order valence-electron chi connectivity index (χ2n) is 11.2. The monoisotopic (exact) mass is 632 g/mol. The molecule has 4 aromatic heterocycles. The van der Waals surface area contributed by atoms with Crippen LogP contribution in [0.15, 0.2) is 79.0 Å². The lowest BCUT2D eigenvalue weighted by molar-refractivity contribution is -0.108. The van der Waals surface area contributed by atoms with Gasteiger partial charge < -0.3 is 18.8 Å². The van der Waals surface area contributed by atoms with Crippen molar-refractivity contribution in [3.05, 3.63) is 96.1 Å². The lowest BCUT2D eigenvalue weighted by atomic mass is 9.98. The third-order valence-electron chi connectivity index (χ3n) is 8.19. The van der Waals surface area contributed by atoms with Crippen molar-refractivity contribution in [2.75, 3.05) is 20.8 Å². The van der Waals surface area contributed by atoms with Crippen LogP contribution in [0.25, 0.3) is 44.9 Å². The van der Waals surface area contributed by atoms with E-state index in [1.54, 1.807) is 25.1 Å². The summed E-state index contributed by atoms with van der Waals surface area (Å²) < 4.78 is 21.1. The van der Waals surface area contributed by atoms with Crippen molar-refractivity contribution in [2.45, 2.75) is 59.1 Å². The van der Waals surface area contributed by atoms with Gasteiger partial charge in [0.05, 0.1) is 12.2 Å². The van der Waals surface area contributed by atoms with Gasteiger partial charge in [0.15, 0.2) is 17.7 Å². The van der Waals surface area contributed by atoms with Gasteiger partial charge in [0.25, 0.3) is 0 Å². The van der Waals surface area contributed by atoms with Crippen LogP contribution in [0.2, 0.25) is 0 Å². The number of hydrogen-bond acceptors (Lipinski definition) is 9. The molecule has 6 aromatic rings. The maximum Gasteiger partial charge on any atom is 0.201 e. The first-order chi connectivity index (χ1) is 23.1. The average Bonchev–Trinajstić information content (AvgIpc) is 3.73. The van der Waals surface area contributed by atoms with E-state index in [9.17, 15) is 0 Å². The average molecular weight is 633 g/mol. The number of aromatic nitrogens is 8. The van der Waals surface area contributed by atoms with Crippen LogP contribution in [0, 0.1) is 0 Å². The molecule has 0 aliphatic carbocycles. The Morgan fingerprint density at radius 1 is 0.851 bits per heavy atom. The van der Waals surface area contributed by atoms with Crippen LogP contribution in [0.5, 0.6) is 0 Å². The number of unbranched alkanes of at least 4 members (excludes halogenated alkanes) is 1. The molecule has 4 heterocycles. The number of fused-ring (bicyclic) bond motifs is 1. The molecule has 11 nitrogen and oxygen atoms in total. The number of hydrogen-bond donors (Lipinski definition) is 0. The van der Waals surface area contributed by atoms with E-state index in [0.29, 0.717) is 24.7 Å². The molecule has 11 heteroatoms. The highest BCUT2D eigenvalue weighted by atomic mass is 16.7. The molecule has 1 unspecified atom stereocenters. The van der Waals surface area contributed by atoms with Gasteiger partial charge in [0.2, 0.25) is 6.29 Å². The molecule has 0 radical (unpaired) electrons. The van der Waals surface area contributed by atoms with Gasteiger partial charge in [-0.3, -0.25) is 4.98 Å². The second-order valence-corrected chi connectivity index (χ2v) is 11.2. The topological polar surface area (TPSA) is 115 Å². The zero-order valence-corrected chi connectivity index (χ0v) is 27.5. The molecule has 0 fully saturated rings. The molecule has 0 spiro atoms. The summed E-state index contributed by atoms with van der Waals surface area (Å²) in [5, 5.41) is 12.5. The largest absolute Gasteiger partial charge is 0.357 e. The molecular formula is C36H40N8O3. The van der Waals surface area contributed by atoms with E-state index in [2.05, 4.69) is 68.4 Å². The van der Waals surface area contributed by atoms with Crippen molar-refractivity contribution in [1.29, 1.82) is 0 Å². The Balaban J connectivity index is 1.38. The van der Waals surface area contributed by atoms with Gasteiger partial charge >= 0.3 is 0 Å². The lowest BCUT2D eigenvalue weighted by Crippen LogP contribution is -2.12. The van der Waals surface area contributed by atoms with Crippen molar-refractivity contribution >= 4 is 11.2 Å². The van der Waals surface area contributed by atoms with Crippen LogP contribution in [-0.4, -0.2) is 60.6 Å². The van der Waals surface area contributed by atoms with Crippen LogP contribution in [0.1, 0.15) is 63.2 Å². The number of benzene rings is 2. The Labute approximate surface area is 274 Å². The third kappa shape index (κ3) is 6.69. The van der Waals surface area contributed by atoms with Gasteiger partial charge in [-0.05, 0) is 65.6 Å². The molecular weight excluding hydrogens is 592 g/mol. The smallest absolute Gasteiger partial charge is 0.201 e. The number of tetrazole rings is 1. The summed E-state index contributed by atoms with van der Waals surface area (Å²) in [7, 11) is 3.23. The quantitative estimate of drug-likeness (QED) is 0.117. The van der Waals surface area contributed by atoms with Gasteiger partial charge in [-0.25, -0.2) is 9.97 Å². The summed E-state index contributed by atoms with van der Waals surface area (Å²) in [4.78, 5) is 14.8. The Bertz CT molecular complexity index is 1920. The minimum atomic E-state index is -0.657. The van der Waals surface area contributed by atoms with Crippen molar-refractivity contribution in [3.63, 3.8) is 0 Å². The minimum Gasteiger partial charge on any atom is -0.357 e. The zero-order chi connectivity index (χ0) is 32.8. The summed E-state index contributed by atoms with van der Waals surface area (Å²) in [5.74, 6) is 1.66. The minimum absolute atomic E-state index is 0.287. The number of methoxy groups -OCH3 is 2. The Morgan fingerprint density at radius 2 is 1.62 bits per heavy atom. The predicted octanol–water partition coefficient (Wildman–Crippen LogP) is 7.05. The second kappa shape index (κ2) is 14.7. The van der Waals surface area contributed by atoms with Gasteiger partial charge in [0.1, 0.15) is 17.0 Å². The molecule has 0 saturated carbocycles. The Morgan fingerprint density at radius 3 is 2.32 bits per heavy atom. The lowest BCUT2D eigenvalue weighted by Gasteiger charge is -2.17. The van der Waals surface area contributed by atoms with Crippen molar-refractivity contribution < 1.29 is 14.2 Å². The first-order valence-corrected chi connectivity index (χ1v) is 16.0. The highest BCUT2D eigenvalue weighted by Crippen LogP contribution is 2.34. The van der Waals surface area contributed by atoms with Crippen molar-refractivity contribution in [3.8, 4) is 33.8 Å². The van der Waals surface area contributed by atoms with Gasteiger partial charge in [-0.2, -0.15) is 4.68 Å². The zero-order valence-electron chi connectivity index (χ0n) is 27.5. The fraction of sp³-hybridized carbons (Fsp3) is 0.333. The van der Waals surface area contributed by atoms with E-state index >= 15 is 0 Å². The van der Waals surface area contributed by atoms with E-state index in [1.807, 2.05) is 50.2 Å². The van der Waals surface area contributed by atoms with Crippen LogP contribution in [0.3, 0.4) is 0 Å². The van der Waals surface area contributed by atoms with Crippen molar-refractivity contribution in [1.82, 2.24) is 39.7 Å². The summed E-state index contributed by atoms with van der Waals surface area (Å²) in [6.07, 6.45) is 3.77. The summed E-state index contributed by atoms with van der Waals surface area (Å²) in [6, 6.07) is 24.6. The Hall–Kier alpha value is -4.84. The van der Waals surface area contributed by atoms with E-state index in [1.165, 1.54) is 0 Å². The number of aryl methyl sites for hydroxylation is 1. The maximum absolute atomic E-state index is 5.78. The maximum atomic E-state index is 5.78. The van der Waals surface area contributed by atoms with E-state index < -0.39 is 6.29 Å². The molecule has 0 aliphatic heterocycles. The third-order valence-corrected chi connectivity index (χ3v) is 8.19. The Kier molecular flexibility index (Phi) is 10.1. The van der Waals surface area contributed by atoms with E-state index in [4.69, 9.17) is 24.2 Å². The molecule has 1 atom stereocenters. The molecule has 242 valence electrons. The number of imidazole rings is 1. The van der Waals surface area contributed by atoms with Crippen molar-refractivity contribution in [2.24, 2.45) is 0 Å². The van der Waals surface area contributed by atoms with Crippen LogP contribution >= 0.6 is 0 Å². The first-order valence-electron chi connectivity index (χ1n) is 16.0. The number of rotatable bonds is 14. The molecule has 0 amide bonds. The molecule has 6 rings (SSSR count). The normalized spacial score (nSPS) is 12.3. The predicted molar refractivity (Wildman–Crippen MR) is 180 cm³/mol. The first kappa shape index (κ1) is 32.1. The van der Waals surface area contributed by atoms with Gasteiger partial charge in [-0.1, -0.05) is 67.9 Å². The molecule has 47 heavy (non-hydrogen) atoms. The van der Waals surface area contributed by atoms with Crippen LogP contribution in [-0.2, 0) is 27.2 Å². The number of ether oxygens (including phenoxy) is 3. The van der Waals surface area contributed by atoms with Gasteiger partial charge in [0, 0.05) is 44.6 Å².